The fourth-order valence-electron chi connectivity index (χ4n) is 3.20. The summed E-state index contributed by atoms with van der Waals surface area (Å²) in [4.78, 5) is 14.9. The van der Waals surface area contributed by atoms with Crippen LogP contribution in [0.2, 0.25) is 0 Å². The van der Waals surface area contributed by atoms with Crippen molar-refractivity contribution in [2.24, 2.45) is 7.05 Å². The van der Waals surface area contributed by atoms with Crippen LogP contribution >= 0.6 is 0 Å². The molecule has 0 spiro atoms. The van der Waals surface area contributed by atoms with E-state index >= 15 is 0 Å². The van der Waals surface area contributed by atoms with Crippen molar-refractivity contribution < 1.29 is 9.53 Å². The summed E-state index contributed by atoms with van der Waals surface area (Å²) in [5, 5.41) is 0. The monoisotopic (exact) mass is 298 g/mol. The Hall–Kier alpha value is -2.23. The van der Waals surface area contributed by atoms with Gasteiger partial charge in [0.05, 0.1) is 13.2 Å². The predicted octanol–water partition coefficient (Wildman–Crippen LogP) is 3.40. The van der Waals surface area contributed by atoms with Crippen LogP contribution in [0.5, 0.6) is 5.75 Å². The topological polar surface area (TPSA) is 34.5 Å². The Labute approximate surface area is 131 Å². The summed E-state index contributed by atoms with van der Waals surface area (Å²) in [6.07, 6.45) is 5.14. The number of amides is 1. The molecule has 4 nitrogen and oxygen atoms in total. The zero-order valence-corrected chi connectivity index (χ0v) is 13.2. The van der Waals surface area contributed by atoms with E-state index in [0.29, 0.717) is 0 Å². The third-order valence-corrected chi connectivity index (χ3v) is 4.41. The Morgan fingerprint density at radius 2 is 2.09 bits per heavy atom. The molecule has 0 unspecified atom stereocenters. The van der Waals surface area contributed by atoms with Crippen LogP contribution in [0.15, 0.2) is 42.6 Å². The van der Waals surface area contributed by atoms with E-state index in [9.17, 15) is 4.79 Å². The minimum atomic E-state index is 0.111. The van der Waals surface area contributed by atoms with Gasteiger partial charge >= 0.3 is 0 Å². The maximum Gasteiger partial charge on any atom is 0.270 e. The number of aromatic nitrogens is 1. The summed E-state index contributed by atoms with van der Waals surface area (Å²) in [6.45, 7) is 0.811. The Morgan fingerprint density at radius 3 is 2.82 bits per heavy atom. The zero-order valence-electron chi connectivity index (χ0n) is 13.2. The van der Waals surface area contributed by atoms with Gasteiger partial charge in [-0.3, -0.25) is 4.79 Å². The van der Waals surface area contributed by atoms with Gasteiger partial charge in [-0.25, -0.2) is 0 Å². The van der Waals surface area contributed by atoms with E-state index in [1.165, 1.54) is 0 Å². The summed E-state index contributed by atoms with van der Waals surface area (Å²) < 4.78 is 7.21. The SMILES string of the molecule is COc1cccc([C@H]2CCCCN2C(=O)c2cccn2C)c1. The lowest BCUT2D eigenvalue weighted by molar-refractivity contribution is 0.0601. The predicted molar refractivity (Wildman–Crippen MR) is 86.0 cm³/mol. The molecule has 0 radical (unpaired) electrons. The van der Waals surface area contributed by atoms with Gasteiger partial charge in [0.2, 0.25) is 0 Å². The molecule has 3 rings (SSSR count). The summed E-state index contributed by atoms with van der Waals surface area (Å²) in [5.41, 5.74) is 1.90. The number of methoxy groups -OCH3 is 1. The molecule has 1 aromatic carbocycles. The van der Waals surface area contributed by atoms with E-state index in [4.69, 9.17) is 4.74 Å². The molecule has 1 aliphatic heterocycles. The van der Waals surface area contributed by atoms with Gasteiger partial charge in [-0.15, -0.1) is 0 Å². The van der Waals surface area contributed by atoms with Crippen molar-refractivity contribution in [1.82, 2.24) is 9.47 Å². The molecule has 0 aliphatic carbocycles. The minimum Gasteiger partial charge on any atom is -0.497 e. The number of rotatable bonds is 3. The lowest BCUT2D eigenvalue weighted by Gasteiger charge is -2.36. The average Bonchev–Trinajstić information content (AvgIpc) is 3.00. The molecular formula is C18H22N2O2. The van der Waals surface area contributed by atoms with Crippen molar-refractivity contribution in [3.63, 3.8) is 0 Å². The second kappa shape index (κ2) is 6.26. The first-order valence-electron chi connectivity index (χ1n) is 7.77. The number of hydrogen-bond acceptors (Lipinski definition) is 2. The van der Waals surface area contributed by atoms with Crippen LogP contribution in [0, 0.1) is 0 Å². The number of piperidine rings is 1. The first kappa shape index (κ1) is 14.7. The average molecular weight is 298 g/mol. The van der Waals surface area contributed by atoms with Crippen molar-refractivity contribution in [2.75, 3.05) is 13.7 Å². The number of aryl methyl sites for hydroxylation is 1. The van der Waals surface area contributed by atoms with E-state index in [0.717, 1.165) is 42.8 Å². The van der Waals surface area contributed by atoms with E-state index in [1.807, 2.05) is 53.0 Å². The van der Waals surface area contributed by atoms with Crippen molar-refractivity contribution in [3.05, 3.63) is 53.9 Å². The summed E-state index contributed by atoms with van der Waals surface area (Å²) >= 11 is 0. The molecule has 0 saturated carbocycles. The number of hydrogen-bond donors (Lipinski definition) is 0. The summed E-state index contributed by atoms with van der Waals surface area (Å²) in [7, 11) is 3.59. The van der Waals surface area contributed by atoms with Crippen LogP contribution in [0.3, 0.4) is 0 Å². The van der Waals surface area contributed by atoms with Gasteiger partial charge in [0.15, 0.2) is 0 Å². The molecule has 1 amide bonds. The highest BCUT2D eigenvalue weighted by Gasteiger charge is 2.29. The third-order valence-electron chi connectivity index (χ3n) is 4.41. The second-order valence-corrected chi connectivity index (χ2v) is 5.79. The Bertz CT molecular complexity index is 663. The van der Waals surface area contributed by atoms with Crippen LogP contribution in [-0.2, 0) is 7.05 Å². The summed E-state index contributed by atoms with van der Waals surface area (Å²) in [5.74, 6) is 0.953. The van der Waals surface area contributed by atoms with Crippen LogP contribution < -0.4 is 4.74 Å². The number of likely N-dealkylation sites (tertiary alicyclic amines) is 1. The quantitative estimate of drug-likeness (QED) is 0.870. The van der Waals surface area contributed by atoms with Gasteiger partial charge in [0.25, 0.3) is 5.91 Å². The Kier molecular flexibility index (Phi) is 4.18. The van der Waals surface area contributed by atoms with Crippen molar-refractivity contribution in [3.8, 4) is 5.75 Å². The molecule has 4 heteroatoms. The molecule has 2 aromatic rings. The van der Waals surface area contributed by atoms with Gasteiger partial charge in [-0.1, -0.05) is 12.1 Å². The van der Waals surface area contributed by atoms with E-state index in [1.54, 1.807) is 7.11 Å². The normalized spacial score (nSPS) is 18.3. The third kappa shape index (κ3) is 2.73. The lowest BCUT2D eigenvalue weighted by atomic mass is 9.94. The highest BCUT2D eigenvalue weighted by atomic mass is 16.5. The first-order chi connectivity index (χ1) is 10.7. The Morgan fingerprint density at radius 1 is 1.23 bits per heavy atom. The van der Waals surface area contributed by atoms with Gasteiger partial charge in [-0.2, -0.15) is 0 Å². The largest absolute Gasteiger partial charge is 0.497 e. The van der Waals surface area contributed by atoms with Gasteiger partial charge in [0.1, 0.15) is 11.4 Å². The van der Waals surface area contributed by atoms with E-state index in [-0.39, 0.29) is 11.9 Å². The molecule has 1 fully saturated rings. The number of carbonyl (C=O) groups excluding carboxylic acids is 1. The zero-order chi connectivity index (χ0) is 15.5. The number of carbonyl (C=O) groups is 1. The molecule has 1 aliphatic rings. The molecule has 2 heterocycles. The highest BCUT2D eigenvalue weighted by Crippen LogP contribution is 2.33. The highest BCUT2D eigenvalue weighted by molar-refractivity contribution is 5.93. The molecule has 1 saturated heterocycles. The van der Waals surface area contributed by atoms with E-state index < -0.39 is 0 Å². The number of nitrogens with zero attached hydrogens (tertiary/aromatic N) is 2. The van der Waals surface area contributed by atoms with Gasteiger partial charge < -0.3 is 14.2 Å². The minimum absolute atomic E-state index is 0.111. The molecular weight excluding hydrogens is 276 g/mol. The van der Waals surface area contributed by atoms with Crippen LogP contribution in [-0.4, -0.2) is 29.0 Å². The van der Waals surface area contributed by atoms with Crippen molar-refractivity contribution >= 4 is 5.91 Å². The fraction of sp³-hybridized carbons (Fsp3) is 0.389. The summed E-state index contributed by atoms with van der Waals surface area (Å²) in [6, 6.07) is 12.0. The molecule has 22 heavy (non-hydrogen) atoms. The molecule has 116 valence electrons. The Balaban J connectivity index is 1.91. The maximum atomic E-state index is 12.9. The van der Waals surface area contributed by atoms with Crippen LogP contribution in [0.25, 0.3) is 0 Å². The molecule has 0 bridgehead atoms. The van der Waals surface area contributed by atoms with E-state index in [2.05, 4.69) is 6.07 Å². The van der Waals surface area contributed by atoms with Gasteiger partial charge in [-0.05, 0) is 49.1 Å². The smallest absolute Gasteiger partial charge is 0.270 e. The van der Waals surface area contributed by atoms with Crippen molar-refractivity contribution in [2.45, 2.75) is 25.3 Å². The van der Waals surface area contributed by atoms with Gasteiger partial charge in [0, 0.05) is 19.8 Å². The fourth-order valence-corrected chi connectivity index (χ4v) is 3.20. The first-order valence-corrected chi connectivity index (χ1v) is 7.77. The number of ether oxygens (including phenoxy) is 1. The van der Waals surface area contributed by atoms with Crippen LogP contribution in [0.1, 0.15) is 41.4 Å². The lowest BCUT2D eigenvalue weighted by Crippen LogP contribution is -2.39. The molecule has 1 aromatic heterocycles. The molecule has 0 N–H and O–H groups in total. The second-order valence-electron chi connectivity index (χ2n) is 5.79. The standard InChI is InChI=1S/C18H22N2O2/c1-19-11-6-10-17(19)18(21)20-12-4-3-9-16(20)14-7-5-8-15(13-14)22-2/h5-8,10-11,13,16H,3-4,9,12H2,1-2H3/t16-/m1/s1. The number of benzene rings is 1. The van der Waals surface area contributed by atoms with Crippen molar-refractivity contribution in [1.29, 1.82) is 0 Å². The maximum absolute atomic E-state index is 12.9. The van der Waals surface area contributed by atoms with Crippen LogP contribution in [0.4, 0.5) is 0 Å². The molecule has 1 atom stereocenters.